The Morgan fingerprint density at radius 3 is 2.53 bits per heavy atom. The Morgan fingerprint density at radius 2 is 1.95 bits per heavy atom. The van der Waals surface area contributed by atoms with Crippen LogP contribution in [-0.4, -0.2) is 25.9 Å². The molecule has 0 spiro atoms. The summed E-state index contributed by atoms with van der Waals surface area (Å²) in [5.41, 5.74) is 3.23. The lowest BCUT2D eigenvalue weighted by Gasteiger charge is -2.13. The van der Waals surface area contributed by atoms with Gasteiger partial charge in [0, 0.05) is 17.6 Å². The number of rotatable bonds is 6. The number of aryl methyl sites for hydroxylation is 2. The van der Waals surface area contributed by atoms with Crippen molar-refractivity contribution in [3.05, 3.63) is 27.7 Å². The molecule has 0 amide bonds. The standard InChI is InChI=1S/C13H17BrF3NO/c1-9-6-10(2)12(11(14)7-9)18-4-3-5-19-8-13(15,16)17/h6-7,18H,3-5,8H2,1-2H3. The lowest BCUT2D eigenvalue weighted by Crippen LogP contribution is -2.18. The average Bonchev–Trinajstić information content (AvgIpc) is 2.24. The van der Waals surface area contributed by atoms with E-state index in [1.165, 1.54) is 0 Å². The van der Waals surface area contributed by atoms with Crippen molar-refractivity contribution in [2.24, 2.45) is 0 Å². The van der Waals surface area contributed by atoms with Crippen molar-refractivity contribution >= 4 is 21.6 Å². The molecule has 0 aliphatic heterocycles. The summed E-state index contributed by atoms with van der Waals surface area (Å²) >= 11 is 3.46. The molecule has 0 saturated carbocycles. The van der Waals surface area contributed by atoms with E-state index in [9.17, 15) is 13.2 Å². The number of halogens is 4. The summed E-state index contributed by atoms with van der Waals surface area (Å²) < 4.78 is 41.0. The maximum absolute atomic E-state index is 11.8. The Balaban J connectivity index is 2.30. The molecule has 0 fully saturated rings. The molecule has 0 unspecified atom stereocenters. The highest BCUT2D eigenvalue weighted by Gasteiger charge is 2.27. The van der Waals surface area contributed by atoms with Crippen molar-refractivity contribution in [1.29, 1.82) is 0 Å². The first-order valence-corrected chi connectivity index (χ1v) is 6.74. The van der Waals surface area contributed by atoms with E-state index < -0.39 is 12.8 Å². The van der Waals surface area contributed by atoms with E-state index in [0.29, 0.717) is 13.0 Å². The van der Waals surface area contributed by atoms with Gasteiger partial charge in [0.1, 0.15) is 6.61 Å². The van der Waals surface area contributed by atoms with Crippen LogP contribution in [0.2, 0.25) is 0 Å². The van der Waals surface area contributed by atoms with Crippen LogP contribution in [0.5, 0.6) is 0 Å². The highest BCUT2D eigenvalue weighted by molar-refractivity contribution is 9.10. The van der Waals surface area contributed by atoms with E-state index in [-0.39, 0.29) is 6.61 Å². The van der Waals surface area contributed by atoms with Gasteiger partial charge in [0.05, 0.1) is 5.69 Å². The summed E-state index contributed by atoms with van der Waals surface area (Å²) in [5, 5.41) is 3.20. The minimum absolute atomic E-state index is 0.0923. The zero-order chi connectivity index (χ0) is 14.5. The lowest BCUT2D eigenvalue weighted by atomic mass is 10.1. The fraction of sp³-hybridized carbons (Fsp3) is 0.538. The number of nitrogens with one attached hydrogen (secondary N) is 1. The van der Waals surface area contributed by atoms with Gasteiger partial charge in [-0.1, -0.05) is 6.07 Å². The lowest BCUT2D eigenvalue weighted by molar-refractivity contribution is -0.173. The number of anilines is 1. The van der Waals surface area contributed by atoms with Crippen molar-refractivity contribution in [1.82, 2.24) is 0 Å². The Labute approximate surface area is 119 Å². The maximum Gasteiger partial charge on any atom is 0.411 e. The summed E-state index contributed by atoms with van der Waals surface area (Å²) in [7, 11) is 0. The topological polar surface area (TPSA) is 21.3 Å². The first-order valence-electron chi connectivity index (χ1n) is 5.95. The number of benzene rings is 1. The molecule has 1 rings (SSSR count). The fourth-order valence-electron chi connectivity index (χ4n) is 1.72. The van der Waals surface area contributed by atoms with Gasteiger partial charge in [-0.05, 0) is 53.4 Å². The van der Waals surface area contributed by atoms with Gasteiger partial charge in [-0.25, -0.2) is 0 Å². The summed E-state index contributed by atoms with van der Waals surface area (Å²) in [6.07, 6.45) is -3.72. The third-order valence-corrected chi connectivity index (χ3v) is 3.09. The van der Waals surface area contributed by atoms with Crippen molar-refractivity contribution in [3.8, 4) is 0 Å². The summed E-state index contributed by atoms with van der Waals surface area (Å²) in [5.74, 6) is 0. The first kappa shape index (κ1) is 16.3. The molecule has 0 saturated heterocycles. The molecule has 1 N–H and O–H groups in total. The van der Waals surface area contributed by atoms with Crippen molar-refractivity contribution in [2.45, 2.75) is 26.4 Å². The molecule has 0 radical (unpaired) electrons. The van der Waals surface area contributed by atoms with Gasteiger partial charge in [0.15, 0.2) is 0 Å². The van der Waals surface area contributed by atoms with E-state index in [1.807, 2.05) is 26.0 Å². The molecule has 1 aromatic rings. The Hall–Kier alpha value is -0.750. The molecule has 108 valence electrons. The molecule has 0 aromatic heterocycles. The average molecular weight is 340 g/mol. The monoisotopic (exact) mass is 339 g/mol. The second-order valence-corrected chi connectivity index (χ2v) is 5.24. The van der Waals surface area contributed by atoms with Crippen molar-refractivity contribution in [2.75, 3.05) is 25.1 Å². The Kier molecular flexibility index (Phi) is 6.13. The zero-order valence-electron chi connectivity index (χ0n) is 10.9. The molecule has 0 aliphatic carbocycles. The van der Waals surface area contributed by atoms with E-state index >= 15 is 0 Å². The van der Waals surface area contributed by atoms with E-state index in [0.717, 1.165) is 21.3 Å². The Bertz CT molecular complexity index is 398. The SMILES string of the molecule is Cc1cc(C)c(NCCCOCC(F)(F)F)c(Br)c1. The molecular formula is C13H17BrF3NO. The minimum atomic E-state index is -4.25. The van der Waals surface area contributed by atoms with Gasteiger partial charge in [-0.3, -0.25) is 0 Å². The minimum Gasteiger partial charge on any atom is -0.384 e. The Morgan fingerprint density at radius 1 is 1.26 bits per heavy atom. The molecule has 19 heavy (non-hydrogen) atoms. The third-order valence-electron chi connectivity index (χ3n) is 2.46. The van der Waals surface area contributed by atoms with Crippen LogP contribution in [0.25, 0.3) is 0 Å². The smallest absolute Gasteiger partial charge is 0.384 e. The first-order chi connectivity index (χ1) is 8.79. The van der Waals surface area contributed by atoms with Crippen LogP contribution in [0.3, 0.4) is 0 Å². The fourth-order valence-corrected chi connectivity index (χ4v) is 2.53. The van der Waals surface area contributed by atoms with Crippen LogP contribution in [-0.2, 0) is 4.74 Å². The van der Waals surface area contributed by atoms with Crippen molar-refractivity contribution in [3.63, 3.8) is 0 Å². The number of alkyl halides is 3. The number of hydrogen-bond acceptors (Lipinski definition) is 2. The third kappa shape index (κ3) is 6.29. The summed E-state index contributed by atoms with van der Waals surface area (Å²) in [6, 6.07) is 4.04. The van der Waals surface area contributed by atoms with Gasteiger partial charge in [-0.15, -0.1) is 0 Å². The van der Waals surface area contributed by atoms with Crippen LogP contribution in [0, 0.1) is 13.8 Å². The quantitative estimate of drug-likeness (QED) is 0.773. The van der Waals surface area contributed by atoms with Crippen LogP contribution in [0.1, 0.15) is 17.5 Å². The highest BCUT2D eigenvalue weighted by atomic mass is 79.9. The van der Waals surface area contributed by atoms with Crippen molar-refractivity contribution < 1.29 is 17.9 Å². The normalized spacial score (nSPS) is 11.7. The molecular weight excluding hydrogens is 323 g/mol. The molecule has 0 heterocycles. The zero-order valence-corrected chi connectivity index (χ0v) is 12.5. The molecule has 0 aliphatic rings. The van der Waals surface area contributed by atoms with Gasteiger partial charge in [0.25, 0.3) is 0 Å². The number of hydrogen-bond donors (Lipinski definition) is 1. The molecule has 2 nitrogen and oxygen atoms in total. The molecule has 6 heteroatoms. The molecule has 1 aromatic carbocycles. The van der Waals surface area contributed by atoms with E-state index in [2.05, 4.69) is 26.0 Å². The van der Waals surface area contributed by atoms with Crippen LogP contribution in [0.4, 0.5) is 18.9 Å². The van der Waals surface area contributed by atoms with E-state index in [4.69, 9.17) is 0 Å². The van der Waals surface area contributed by atoms with Crippen LogP contribution < -0.4 is 5.32 Å². The van der Waals surface area contributed by atoms with Crippen LogP contribution in [0.15, 0.2) is 16.6 Å². The highest BCUT2D eigenvalue weighted by Crippen LogP contribution is 2.27. The maximum atomic E-state index is 11.8. The second kappa shape index (κ2) is 7.14. The molecule has 0 bridgehead atoms. The number of ether oxygens (including phenoxy) is 1. The summed E-state index contributed by atoms with van der Waals surface area (Å²) in [4.78, 5) is 0. The largest absolute Gasteiger partial charge is 0.411 e. The van der Waals surface area contributed by atoms with Gasteiger partial charge in [0.2, 0.25) is 0 Å². The van der Waals surface area contributed by atoms with Gasteiger partial charge in [-0.2, -0.15) is 13.2 Å². The van der Waals surface area contributed by atoms with Gasteiger partial charge >= 0.3 is 6.18 Å². The van der Waals surface area contributed by atoms with Crippen LogP contribution >= 0.6 is 15.9 Å². The van der Waals surface area contributed by atoms with E-state index in [1.54, 1.807) is 0 Å². The van der Waals surface area contributed by atoms with Gasteiger partial charge < -0.3 is 10.1 Å². The predicted molar refractivity (Wildman–Crippen MR) is 73.6 cm³/mol. The second-order valence-electron chi connectivity index (χ2n) is 4.39. The molecule has 0 atom stereocenters. The summed E-state index contributed by atoms with van der Waals surface area (Å²) in [6.45, 7) is 3.47. The predicted octanol–water partition coefficient (Wildman–Crippen LogP) is 4.45.